The third-order valence-electron chi connectivity index (χ3n) is 6.04. The number of alkyl halides is 1. The van der Waals surface area contributed by atoms with Gasteiger partial charge in [-0.05, 0) is 37.2 Å². The topological polar surface area (TPSA) is 58.1 Å². The van der Waals surface area contributed by atoms with Crippen molar-refractivity contribution in [3.05, 3.63) is 42.3 Å². The Hall–Kier alpha value is -2.24. The summed E-state index contributed by atoms with van der Waals surface area (Å²) in [6.45, 7) is 3.09. The fourth-order valence-corrected chi connectivity index (χ4v) is 4.15. The molecule has 6 heteroatoms. The number of allylic oxidation sites excluding steroid dienone is 4. The Balaban J connectivity index is 1.24. The van der Waals surface area contributed by atoms with Gasteiger partial charge in [-0.1, -0.05) is 24.3 Å². The Kier molecular flexibility index (Phi) is 4.98. The molecule has 5 nitrogen and oxygen atoms in total. The minimum Gasteiger partial charge on any atom is -0.351 e. The number of carbonyl (C=O) groups excluding carboxylic acids is 1. The van der Waals surface area contributed by atoms with Gasteiger partial charge in [0.2, 0.25) is 11.9 Å². The van der Waals surface area contributed by atoms with Crippen molar-refractivity contribution in [1.82, 2.24) is 14.9 Å². The summed E-state index contributed by atoms with van der Waals surface area (Å²) in [5.74, 6) is 1.77. The maximum Gasteiger partial charge on any atom is 0.225 e. The van der Waals surface area contributed by atoms with Crippen LogP contribution in [0.2, 0.25) is 0 Å². The molecule has 0 bridgehead atoms. The summed E-state index contributed by atoms with van der Waals surface area (Å²) < 4.78 is 15.1. The molecule has 27 heavy (non-hydrogen) atoms. The predicted octanol–water partition coefficient (Wildman–Crippen LogP) is 3.30. The third kappa shape index (κ3) is 4.20. The average Bonchev–Trinajstić information content (AvgIpc) is 3.49. The van der Waals surface area contributed by atoms with Crippen LogP contribution in [0.15, 0.2) is 36.7 Å². The maximum atomic E-state index is 15.1. The van der Waals surface area contributed by atoms with E-state index in [-0.39, 0.29) is 18.4 Å². The quantitative estimate of drug-likeness (QED) is 0.864. The Morgan fingerprint density at radius 1 is 1.30 bits per heavy atom. The van der Waals surface area contributed by atoms with E-state index in [0.717, 1.165) is 18.4 Å². The smallest absolute Gasteiger partial charge is 0.225 e. The van der Waals surface area contributed by atoms with Gasteiger partial charge in [0.15, 0.2) is 0 Å². The highest BCUT2D eigenvalue weighted by molar-refractivity contribution is 5.82. The lowest BCUT2D eigenvalue weighted by Gasteiger charge is -2.36. The van der Waals surface area contributed by atoms with E-state index in [1.807, 2.05) is 11.8 Å². The fourth-order valence-electron chi connectivity index (χ4n) is 4.15. The van der Waals surface area contributed by atoms with Gasteiger partial charge in [0.05, 0.1) is 6.54 Å². The second-order valence-electron chi connectivity index (χ2n) is 8.13. The highest BCUT2D eigenvalue weighted by Crippen LogP contribution is 2.48. The molecule has 0 aromatic carbocycles. The van der Waals surface area contributed by atoms with E-state index in [9.17, 15) is 4.79 Å². The maximum absolute atomic E-state index is 15.1. The van der Waals surface area contributed by atoms with Crippen LogP contribution in [0.1, 0.15) is 31.2 Å². The van der Waals surface area contributed by atoms with Crippen molar-refractivity contribution in [2.75, 3.05) is 25.0 Å². The van der Waals surface area contributed by atoms with Crippen molar-refractivity contribution in [2.24, 2.45) is 17.8 Å². The summed E-state index contributed by atoms with van der Waals surface area (Å²) in [5.41, 5.74) is -0.342. The SMILES string of the molecule is Cc1cnc(NCC2(F)CCN(C(=O)[C@H]3C[C@@H]3C3C=CC=CC3)CC2)nc1. The van der Waals surface area contributed by atoms with Crippen LogP contribution < -0.4 is 5.32 Å². The zero-order valence-electron chi connectivity index (χ0n) is 15.8. The van der Waals surface area contributed by atoms with E-state index in [1.165, 1.54) is 0 Å². The number of aromatic nitrogens is 2. The molecule has 1 aliphatic heterocycles. The summed E-state index contributed by atoms with van der Waals surface area (Å²) in [4.78, 5) is 22.9. The summed E-state index contributed by atoms with van der Waals surface area (Å²) in [5, 5.41) is 3.00. The Morgan fingerprint density at radius 2 is 2.04 bits per heavy atom. The van der Waals surface area contributed by atoms with Crippen LogP contribution in [0.25, 0.3) is 0 Å². The van der Waals surface area contributed by atoms with Crippen molar-refractivity contribution >= 4 is 11.9 Å². The summed E-state index contributed by atoms with van der Waals surface area (Å²) in [6, 6.07) is 0. The number of amides is 1. The molecule has 0 spiro atoms. The number of nitrogens with zero attached hydrogens (tertiary/aromatic N) is 3. The van der Waals surface area contributed by atoms with Gasteiger partial charge in [0.25, 0.3) is 0 Å². The van der Waals surface area contributed by atoms with Crippen molar-refractivity contribution in [3.63, 3.8) is 0 Å². The molecule has 1 saturated carbocycles. The molecular weight excluding hydrogens is 343 g/mol. The first-order chi connectivity index (χ1) is 13.0. The van der Waals surface area contributed by atoms with Crippen LogP contribution in [0, 0.1) is 24.7 Å². The Morgan fingerprint density at radius 3 is 2.70 bits per heavy atom. The first-order valence-corrected chi connectivity index (χ1v) is 9.88. The molecule has 2 aliphatic carbocycles. The van der Waals surface area contributed by atoms with Gasteiger partial charge < -0.3 is 10.2 Å². The molecule has 1 aromatic heterocycles. The van der Waals surface area contributed by atoms with Gasteiger partial charge in [-0.25, -0.2) is 14.4 Å². The summed E-state index contributed by atoms with van der Waals surface area (Å²) in [6.07, 6.45) is 14.7. The van der Waals surface area contributed by atoms with Crippen LogP contribution in [-0.4, -0.2) is 46.1 Å². The Labute approximate surface area is 159 Å². The van der Waals surface area contributed by atoms with Crippen LogP contribution in [0.3, 0.4) is 0 Å². The van der Waals surface area contributed by atoms with Gasteiger partial charge in [-0.2, -0.15) is 0 Å². The molecule has 4 rings (SSSR count). The molecular formula is C21H27FN4O. The number of piperidine rings is 1. The minimum atomic E-state index is -1.31. The van der Waals surface area contributed by atoms with E-state index in [1.54, 1.807) is 12.4 Å². The largest absolute Gasteiger partial charge is 0.351 e. The van der Waals surface area contributed by atoms with Gasteiger partial charge >= 0.3 is 0 Å². The van der Waals surface area contributed by atoms with Crippen LogP contribution in [-0.2, 0) is 4.79 Å². The number of aryl methyl sites for hydroxylation is 1. The van der Waals surface area contributed by atoms with Crippen molar-refractivity contribution < 1.29 is 9.18 Å². The molecule has 1 aromatic rings. The number of nitrogens with one attached hydrogen (secondary N) is 1. The number of carbonyl (C=O) groups is 1. The number of anilines is 1. The molecule has 2 heterocycles. The average molecular weight is 370 g/mol. The molecule has 3 atom stereocenters. The van der Waals surface area contributed by atoms with Crippen LogP contribution in [0.5, 0.6) is 0 Å². The van der Waals surface area contributed by atoms with Gasteiger partial charge in [-0.15, -0.1) is 0 Å². The molecule has 0 radical (unpaired) electrons. The number of likely N-dealkylation sites (tertiary alicyclic amines) is 1. The van der Waals surface area contributed by atoms with E-state index < -0.39 is 5.67 Å². The first kappa shape index (κ1) is 18.1. The van der Waals surface area contributed by atoms with E-state index >= 15 is 4.39 Å². The van der Waals surface area contributed by atoms with E-state index in [2.05, 4.69) is 39.6 Å². The summed E-state index contributed by atoms with van der Waals surface area (Å²) in [7, 11) is 0. The number of halogens is 1. The van der Waals surface area contributed by atoms with Gasteiger partial charge in [-0.3, -0.25) is 4.79 Å². The van der Waals surface area contributed by atoms with E-state index in [0.29, 0.717) is 43.7 Å². The number of hydrogen-bond donors (Lipinski definition) is 1. The molecule has 2 fully saturated rings. The van der Waals surface area contributed by atoms with Crippen molar-refractivity contribution in [2.45, 2.75) is 38.3 Å². The van der Waals surface area contributed by atoms with Crippen molar-refractivity contribution in [3.8, 4) is 0 Å². The van der Waals surface area contributed by atoms with Gasteiger partial charge in [0, 0.05) is 44.2 Å². The second-order valence-corrected chi connectivity index (χ2v) is 8.13. The zero-order chi connectivity index (χ0) is 18.9. The van der Waals surface area contributed by atoms with E-state index in [4.69, 9.17) is 0 Å². The Bertz CT molecular complexity index is 737. The van der Waals surface area contributed by atoms with Gasteiger partial charge in [0.1, 0.15) is 5.67 Å². The lowest BCUT2D eigenvalue weighted by molar-refractivity contribution is -0.135. The highest BCUT2D eigenvalue weighted by atomic mass is 19.1. The molecule has 1 unspecified atom stereocenters. The number of rotatable bonds is 5. The highest BCUT2D eigenvalue weighted by Gasteiger charge is 2.49. The normalized spacial score (nSPS) is 28.8. The second kappa shape index (κ2) is 7.41. The van der Waals surface area contributed by atoms with Crippen molar-refractivity contribution in [1.29, 1.82) is 0 Å². The zero-order valence-corrected chi connectivity index (χ0v) is 15.8. The first-order valence-electron chi connectivity index (χ1n) is 9.88. The lowest BCUT2D eigenvalue weighted by atomic mass is 9.92. The molecule has 1 amide bonds. The fraction of sp³-hybridized carbons (Fsp3) is 0.571. The van der Waals surface area contributed by atoms with Crippen LogP contribution >= 0.6 is 0 Å². The molecule has 144 valence electrons. The molecule has 1 saturated heterocycles. The molecule has 3 aliphatic rings. The standard InChI is InChI=1S/C21H27FN4O/c1-15-12-23-20(24-13-15)25-14-21(22)7-9-26(10-8-21)19(27)18-11-17(18)16-5-3-2-4-6-16/h2-5,12-13,16-18H,6-11,14H2,1H3,(H,23,24,25)/t16?,17-,18+/m1/s1. The predicted molar refractivity (Wildman–Crippen MR) is 103 cm³/mol. The minimum absolute atomic E-state index is 0.136. The monoisotopic (exact) mass is 370 g/mol. The van der Waals surface area contributed by atoms with Crippen LogP contribution in [0.4, 0.5) is 10.3 Å². The number of hydrogen-bond acceptors (Lipinski definition) is 4. The summed E-state index contributed by atoms with van der Waals surface area (Å²) >= 11 is 0. The lowest BCUT2D eigenvalue weighted by Crippen LogP contribution is -2.48. The third-order valence-corrected chi connectivity index (χ3v) is 6.04. The molecule has 1 N–H and O–H groups in total.